The van der Waals surface area contributed by atoms with E-state index in [9.17, 15) is 4.39 Å². The minimum atomic E-state index is -0.458. The molecule has 3 aromatic rings. The highest BCUT2D eigenvalue weighted by Crippen LogP contribution is 2.31. The predicted molar refractivity (Wildman–Crippen MR) is 84.3 cm³/mol. The van der Waals surface area contributed by atoms with Crippen LogP contribution in [0, 0.1) is 5.82 Å². The van der Waals surface area contributed by atoms with E-state index in [4.69, 9.17) is 17.3 Å². The molecule has 3 N–H and O–H groups in total. The van der Waals surface area contributed by atoms with Crippen LogP contribution in [-0.2, 0) is 0 Å². The molecule has 4 nitrogen and oxygen atoms in total. The molecule has 0 spiro atoms. The number of nitrogens with zero attached hydrogens (tertiary/aromatic N) is 2. The highest BCUT2D eigenvalue weighted by molar-refractivity contribution is 9.10. The normalized spacial score (nSPS) is 10.8. The van der Waals surface area contributed by atoms with Gasteiger partial charge < -0.3 is 5.73 Å². The van der Waals surface area contributed by atoms with Crippen LogP contribution in [0.15, 0.2) is 41.0 Å². The number of hydrogen-bond donors (Lipinski definition) is 2. The van der Waals surface area contributed by atoms with Crippen LogP contribution in [-0.4, -0.2) is 15.2 Å². The summed E-state index contributed by atoms with van der Waals surface area (Å²) in [4.78, 5) is 3.99. The number of H-pyrrole nitrogens is 1. The number of aromatic nitrogens is 3. The third kappa shape index (κ3) is 2.77. The van der Waals surface area contributed by atoms with Gasteiger partial charge in [-0.1, -0.05) is 11.6 Å². The molecule has 2 aromatic heterocycles. The fourth-order valence-corrected chi connectivity index (χ4v) is 2.54. The number of nitrogen functional groups attached to an aromatic ring is 1. The minimum absolute atomic E-state index is 0.0615. The highest BCUT2D eigenvalue weighted by Gasteiger charge is 2.11. The average Bonchev–Trinajstić information content (AvgIpc) is 2.94. The zero-order valence-corrected chi connectivity index (χ0v) is 12.9. The fraction of sp³-hybridized carbons (Fsp3) is 0. The molecule has 1 aromatic carbocycles. The molecule has 0 bridgehead atoms. The summed E-state index contributed by atoms with van der Waals surface area (Å²) in [7, 11) is 0. The van der Waals surface area contributed by atoms with E-state index in [-0.39, 0.29) is 5.02 Å². The van der Waals surface area contributed by atoms with E-state index in [0.29, 0.717) is 11.5 Å². The van der Waals surface area contributed by atoms with Gasteiger partial charge >= 0.3 is 0 Å². The van der Waals surface area contributed by atoms with Gasteiger partial charge in [0.25, 0.3) is 0 Å². The zero-order chi connectivity index (χ0) is 15.0. The topological polar surface area (TPSA) is 67.6 Å². The zero-order valence-electron chi connectivity index (χ0n) is 10.6. The lowest BCUT2D eigenvalue weighted by molar-refractivity contribution is 0.628. The van der Waals surface area contributed by atoms with E-state index < -0.39 is 5.82 Å². The van der Waals surface area contributed by atoms with Crippen LogP contribution in [0.2, 0.25) is 5.02 Å². The van der Waals surface area contributed by atoms with Crippen LogP contribution < -0.4 is 5.73 Å². The summed E-state index contributed by atoms with van der Waals surface area (Å²) < 4.78 is 14.0. The number of aromatic amines is 1. The van der Waals surface area contributed by atoms with Gasteiger partial charge in [-0.25, -0.2) is 9.37 Å². The van der Waals surface area contributed by atoms with Crippen molar-refractivity contribution in [3.05, 3.63) is 51.8 Å². The molecule has 0 radical (unpaired) electrons. The maximum Gasteiger partial charge on any atom is 0.141 e. The molecular weight excluding hydrogens is 359 g/mol. The molecule has 3 rings (SSSR count). The highest BCUT2D eigenvalue weighted by atomic mass is 79.9. The molecular formula is C14H9BrClFN4. The largest absolute Gasteiger partial charge is 0.384 e. The van der Waals surface area contributed by atoms with Crippen molar-refractivity contribution in [1.29, 1.82) is 0 Å². The molecule has 21 heavy (non-hydrogen) atoms. The standard InChI is InChI=1S/C14H9BrClFN4/c15-9-6-19-14(18)4-8(9)13-5-12(20-21-13)7-1-2-11(17)10(16)3-7/h1-6H,(H2,18,19)(H,20,21). The first-order chi connectivity index (χ1) is 10.0. The molecule has 106 valence electrons. The molecule has 2 heterocycles. The number of benzene rings is 1. The third-order valence-corrected chi connectivity index (χ3v) is 3.88. The van der Waals surface area contributed by atoms with Crippen molar-refractivity contribution in [3.8, 4) is 22.5 Å². The summed E-state index contributed by atoms with van der Waals surface area (Å²) in [5.74, 6) is -0.0463. The first-order valence-corrected chi connectivity index (χ1v) is 7.14. The molecule has 0 amide bonds. The fourth-order valence-electron chi connectivity index (χ4n) is 1.92. The summed E-state index contributed by atoms with van der Waals surface area (Å²) >= 11 is 9.21. The van der Waals surface area contributed by atoms with Crippen LogP contribution in [0.5, 0.6) is 0 Å². The van der Waals surface area contributed by atoms with Crippen LogP contribution in [0.25, 0.3) is 22.5 Å². The number of halogens is 3. The van der Waals surface area contributed by atoms with E-state index in [2.05, 4.69) is 31.1 Å². The van der Waals surface area contributed by atoms with Crippen LogP contribution >= 0.6 is 27.5 Å². The lowest BCUT2D eigenvalue weighted by Gasteiger charge is -2.01. The Bertz CT molecular complexity index is 818. The van der Waals surface area contributed by atoms with Gasteiger partial charge in [-0.2, -0.15) is 5.10 Å². The van der Waals surface area contributed by atoms with Crippen molar-refractivity contribution >= 4 is 33.3 Å². The van der Waals surface area contributed by atoms with E-state index in [0.717, 1.165) is 21.3 Å². The Balaban J connectivity index is 2.03. The number of nitrogens with two attached hydrogens (primary N) is 1. The SMILES string of the molecule is Nc1cc(-c2cc(-c3ccc(F)c(Cl)c3)n[nH]2)c(Br)cn1. The number of pyridine rings is 1. The quantitative estimate of drug-likeness (QED) is 0.710. The monoisotopic (exact) mass is 366 g/mol. The first kappa shape index (κ1) is 14.0. The Hall–Kier alpha value is -1.92. The van der Waals surface area contributed by atoms with Crippen LogP contribution in [0.1, 0.15) is 0 Å². The van der Waals surface area contributed by atoms with Crippen molar-refractivity contribution in [3.63, 3.8) is 0 Å². The molecule has 0 fully saturated rings. The average molecular weight is 368 g/mol. The van der Waals surface area contributed by atoms with Gasteiger partial charge in [-0.3, -0.25) is 5.10 Å². The van der Waals surface area contributed by atoms with Gasteiger partial charge in [-0.15, -0.1) is 0 Å². The van der Waals surface area contributed by atoms with Gasteiger partial charge in [-0.05, 0) is 46.3 Å². The van der Waals surface area contributed by atoms with Crippen LogP contribution in [0.4, 0.5) is 10.2 Å². The smallest absolute Gasteiger partial charge is 0.141 e. The molecule has 0 unspecified atom stereocenters. The van der Waals surface area contributed by atoms with Crippen molar-refractivity contribution < 1.29 is 4.39 Å². The maximum atomic E-state index is 13.2. The van der Waals surface area contributed by atoms with E-state index in [1.807, 2.05) is 6.07 Å². The maximum absolute atomic E-state index is 13.2. The summed E-state index contributed by atoms with van der Waals surface area (Å²) in [5.41, 5.74) is 8.69. The first-order valence-electron chi connectivity index (χ1n) is 5.97. The van der Waals surface area contributed by atoms with Gasteiger partial charge in [0.1, 0.15) is 11.6 Å². The summed E-state index contributed by atoms with van der Waals surface area (Å²) in [6, 6.07) is 8.04. The molecule has 0 saturated heterocycles. The van der Waals surface area contributed by atoms with Crippen molar-refractivity contribution in [1.82, 2.24) is 15.2 Å². The second-order valence-corrected chi connectivity index (χ2v) is 5.65. The Morgan fingerprint density at radius 1 is 1.24 bits per heavy atom. The third-order valence-electron chi connectivity index (χ3n) is 2.96. The van der Waals surface area contributed by atoms with Crippen molar-refractivity contribution in [2.24, 2.45) is 0 Å². The van der Waals surface area contributed by atoms with E-state index in [1.165, 1.54) is 12.1 Å². The lowest BCUT2D eigenvalue weighted by atomic mass is 10.1. The van der Waals surface area contributed by atoms with Crippen molar-refractivity contribution in [2.45, 2.75) is 0 Å². The molecule has 7 heteroatoms. The Morgan fingerprint density at radius 3 is 2.81 bits per heavy atom. The Labute approximate surface area is 133 Å². The van der Waals surface area contributed by atoms with E-state index >= 15 is 0 Å². The van der Waals surface area contributed by atoms with Crippen LogP contribution in [0.3, 0.4) is 0 Å². The molecule has 0 aliphatic carbocycles. The number of hydrogen-bond acceptors (Lipinski definition) is 3. The van der Waals surface area contributed by atoms with E-state index in [1.54, 1.807) is 18.3 Å². The van der Waals surface area contributed by atoms with Gasteiger partial charge in [0.05, 0.1) is 16.4 Å². The predicted octanol–water partition coefficient (Wildman–Crippen LogP) is 4.28. The number of nitrogens with one attached hydrogen (secondary N) is 1. The van der Waals surface area contributed by atoms with Gasteiger partial charge in [0.15, 0.2) is 0 Å². The molecule has 0 aliphatic heterocycles. The molecule has 0 atom stereocenters. The number of anilines is 1. The minimum Gasteiger partial charge on any atom is -0.384 e. The summed E-state index contributed by atoms with van der Waals surface area (Å²) in [5, 5.41) is 7.20. The summed E-state index contributed by atoms with van der Waals surface area (Å²) in [6.07, 6.45) is 1.62. The summed E-state index contributed by atoms with van der Waals surface area (Å²) in [6.45, 7) is 0. The molecule has 0 saturated carbocycles. The number of rotatable bonds is 2. The Morgan fingerprint density at radius 2 is 2.05 bits per heavy atom. The lowest BCUT2D eigenvalue weighted by Crippen LogP contribution is -1.91. The van der Waals surface area contributed by atoms with Gasteiger partial charge in [0.2, 0.25) is 0 Å². The Kier molecular flexibility index (Phi) is 3.65. The van der Waals surface area contributed by atoms with Crippen molar-refractivity contribution in [2.75, 3.05) is 5.73 Å². The second-order valence-electron chi connectivity index (χ2n) is 4.38. The molecule has 0 aliphatic rings. The second kappa shape index (κ2) is 5.46. The van der Waals surface area contributed by atoms with Gasteiger partial charge in [0, 0.05) is 21.8 Å².